The van der Waals surface area contributed by atoms with E-state index in [0.717, 1.165) is 0 Å². The number of aryl methyl sites for hydroxylation is 2. The smallest absolute Gasteiger partial charge is 0.305 e. The monoisotopic (exact) mass is 461 g/mol. The van der Waals surface area contributed by atoms with Gasteiger partial charge in [0.05, 0.1) is 11.3 Å². The lowest BCUT2D eigenvalue weighted by molar-refractivity contribution is 0.0697. The van der Waals surface area contributed by atoms with Crippen LogP contribution in [0.4, 0.5) is 0 Å². The van der Waals surface area contributed by atoms with Crippen molar-refractivity contribution in [3.63, 3.8) is 0 Å². The van der Waals surface area contributed by atoms with Crippen molar-refractivity contribution in [2.24, 2.45) is 5.92 Å². The molecular weight excluding hydrogens is 438 g/mol. The fourth-order valence-electron chi connectivity index (χ4n) is 3.31. The lowest BCUT2D eigenvalue weighted by Gasteiger charge is -2.33. The summed E-state index contributed by atoms with van der Waals surface area (Å²) in [4.78, 5) is 28.2. The van der Waals surface area contributed by atoms with Crippen molar-refractivity contribution < 1.29 is 13.2 Å². The van der Waals surface area contributed by atoms with E-state index in [-0.39, 0.29) is 36.3 Å². The number of rotatable bonds is 5. The summed E-state index contributed by atoms with van der Waals surface area (Å²) >= 11 is 7.08. The summed E-state index contributed by atoms with van der Waals surface area (Å²) in [6.07, 6.45) is 0. The van der Waals surface area contributed by atoms with E-state index in [4.69, 9.17) is 11.6 Å². The van der Waals surface area contributed by atoms with Gasteiger partial charge in [-0.25, -0.2) is 8.42 Å². The molecule has 1 N–H and O–H groups in total. The highest BCUT2D eigenvalue weighted by Gasteiger charge is 2.34. The number of carbonyl (C=O) groups is 1. The van der Waals surface area contributed by atoms with Crippen molar-refractivity contribution >= 4 is 38.9 Å². The van der Waals surface area contributed by atoms with Crippen molar-refractivity contribution in [3.8, 4) is 0 Å². The number of carbonyl (C=O) groups excluding carboxylic acids is 1. The van der Waals surface area contributed by atoms with E-state index in [1.807, 2.05) is 13.8 Å². The van der Waals surface area contributed by atoms with E-state index in [1.54, 1.807) is 23.4 Å². The molecule has 9 nitrogen and oxygen atoms in total. The van der Waals surface area contributed by atoms with Gasteiger partial charge in [0.15, 0.2) is 4.21 Å². The summed E-state index contributed by atoms with van der Waals surface area (Å²) in [5.41, 5.74) is 1.25. The number of nitrogens with zero attached hydrogens (tertiary/aromatic N) is 4. The van der Waals surface area contributed by atoms with Crippen molar-refractivity contribution in [2.45, 2.75) is 38.4 Å². The molecule has 1 amide bonds. The molecule has 2 aromatic rings. The first-order chi connectivity index (χ1) is 13.5. The number of hydrogen-bond donors (Lipinski definition) is 1. The molecule has 1 saturated heterocycles. The number of piperazine rings is 1. The lowest BCUT2D eigenvalue weighted by Crippen LogP contribution is -2.50. The van der Waals surface area contributed by atoms with Crippen LogP contribution in [0.1, 0.15) is 35.6 Å². The maximum Gasteiger partial charge on any atom is 0.305 e. The van der Waals surface area contributed by atoms with E-state index in [0.29, 0.717) is 45.9 Å². The van der Waals surface area contributed by atoms with Gasteiger partial charge in [-0.3, -0.25) is 14.3 Å². The number of H-pyrrole nitrogens is 1. The molecule has 160 valence electrons. The Labute approximate surface area is 178 Å². The highest BCUT2D eigenvalue weighted by atomic mass is 35.5. The molecule has 1 aliphatic heterocycles. The number of aromatic nitrogens is 3. The fraction of sp³-hybridized carbons (Fsp3) is 0.588. The fourth-order valence-corrected chi connectivity index (χ4v) is 6.49. The SMILES string of the molecule is Cc1nn(CC(C)C)c(Cl)c1C(=O)N1CCN(S(=O)(=O)c2sc(=O)[nH]c2C)CC1. The molecule has 29 heavy (non-hydrogen) atoms. The molecular formula is C17H24ClN5O4S2. The van der Waals surface area contributed by atoms with Crippen LogP contribution in [0.3, 0.4) is 0 Å². The van der Waals surface area contributed by atoms with Gasteiger partial charge in [0.1, 0.15) is 5.15 Å². The largest absolute Gasteiger partial charge is 0.336 e. The molecule has 1 aliphatic rings. The summed E-state index contributed by atoms with van der Waals surface area (Å²) in [6.45, 7) is 8.76. The average molecular weight is 462 g/mol. The molecule has 2 aromatic heterocycles. The highest BCUT2D eigenvalue weighted by molar-refractivity contribution is 7.91. The average Bonchev–Trinajstić information content (AvgIpc) is 3.12. The molecule has 0 bridgehead atoms. The van der Waals surface area contributed by atoms with Crippen molar-refractivity contribution in [1.82, 2.24) is 24.0 Å². The van der Waals surface area contributed by atoms with Crippen molar-refractivity contribution in [1.29, 1.82) is 0 Å². The Kier molecular flexibility index (Phi) is 6.23. The van der Waals surface area contributed by atoms with E-state index < -0.39 is 14.9 Å². The quantitative estimate of drug-likeness (QED) is 0.729. The molecule has 0 radical (unpaired) electrons. The summed E-state index contributed by atoms with van der Waals surface area (Å²) in [6, 6.07) is 0. The van der Waals surface area contributed by atoms with E-state index in [9.17, 15) is 18.0 Å². The lowest BCUT2D eigenvalue weighted by atomic mass is 10.2. The highest BCUT2D eigenvalue weighted by Crippen LogP contribution is 2.25. The first kappa shape index (κ1) is 22.0. The number of thiazole rings is 1. The predicted molar refractivity (Wildman–Crippen MR) is 111 cm³/mol. The van der Waals surface area contributed by atoms with E-state index in [2.05, 4.69) is 10.1 Å². The summed E-state index contributed by atoms with van der Waals surface area (Å²) < 4.78 is 28.6. The summed E-state index contributed by atoms with van der Waals surface area (Å²) in [5, 5.41) is 4.68. The van der Waals surface area contributed by atoms with Gasteiger partial charge in [0.25, 0.3) is 15.9 Å². The van der Waals surface area contributed by atoms with Gasteiger partial charge in [0, 0.05) is 38.4 Å². The molecule has 1 fully saturated rings. The number of aromatic amines is 1. The third-order valence-electron chi connectivity index (χ3n) is 4.70. The van der Waals surface area contributed by atoms with Crippen molar-refractivity contribution in [3.05, 3.63) is 31.8 Å². The van der Waals surface area contributed by atoms with Gasteiger partial charge in [-0.15, -0.1) is 0 Å². The Balaban J connectivity index is 1.74. The number of halogens is 1. The van der Waals surface area contributed by atoms with E-state index in [1.165, 1.54) is 4.31 Å². The Morgan fingerprint density at radius 1 is 1.24 bits per heavy atom. The third kappa shape index (κ3) is 4.27. The van der Waals surface area contributed by atoms with Crippen LogP contribution >= 0.6 is 22.9 Å². The van der Waals surface area contributed by atoms with Crippen molar-refractivity contribution in [2.75, 3.05) is 26.2 Å². The minimum atomic E-state index is -3.77. The Hall–Kier alpha value is -1.69. The normalized spacial score (nSPS) is 16.0. The first-order valence-electron chi connectivity index (χ1n) is 9.24. The van der Waals surface area contributed by atoms with Crippen LogP contribution in [0, 0.1) is 19.8 Å². The number of sulfonamides is 1. The van der Waals surface area contributed by atoms with Crippen LogP contribution in [0.5, 0.6) is 0 Å². The van der Waals surface area contributed by atoms with Gasteiger partial charge in [0.2, 0.25) is 0 Å². The Bertz CT molecular complexity index is 1080. The van der Waals surface area contributed by atoms with Crippen LogP contribution < -0.4 is 4.87 Å². The molecule has 0 unspecified atom stereocenters. The van der Waals surface area contributed by atoms with Crippen LogP contribution in [0.15, 0.2) is 9.00 Å². The topological polar surface area (TPSA) is 108 Å². The Morgan fingerprint density at radius 3 is 2.38 bits per heavy atom. The first-order valence-corrected chi connectivity index (χ1v) is 11.9. The van der Waals surface area contributed by atoms with Crippen LogP contribution in [0.25, 0.3) is 0 Å². The van der Waals surface area contributed by atoms with Crippen LogP contribution in [0.2, 0.25) is 5.15 Å². The second-order valence-corrected chi connectivity index (χ2v) is 10.9. The second-order valence-electron chi connectivity index (χ2n) is 7.45. The molecule has 0 aromatic carbocycles. The van der Waals surface area contributed by atoms with Gasteiger partial charge < -0.3 is 9.88 Å². The van der Waals surface area contributed by atoms with Crippen LogP contribution in [-0.4, -0.2) is 64.5 Å². The second kappa shape index (κ2) is 8.21. The zero-order chi connectivity index (χ0) is 21.5. The maximum absolute atomic E-state index is 13.0. The summed E-state index contributed by atoms with van der Waals surface area (Å²) in [5.74, 6) is 0.0816. The minimum absolute atomic E-state index is 0.0242. The van der Waals surface area contributed by atoms with Gasteiger partial charge in [-0.1, -0.05) is 36.8 Å². The van der Waals surface area contributed by atoms with Crippen LogP contribution in [-0.2, 0) is 16.6 Å². The number of nitrogens with one attached hydrogen (secondary N) is 1. The molecule has 0 spiro atoms. The molecule has 0 saturated carbocycles. The maximum atomic E-state index is 13.0. The molecule has 0 atom stereocenters. The number of hydrogen-bond acceptors (Lipinski definition) is 6. The zero-order valence-electron chi connectivity index (χ0n) is 16.7. The number of amides is 1. The van der Waals surface area contributed by atoms with Gasteiger partial charge in [-0.05, 0) is 19.8 Å². The molecule has 12 heteroatoms. The Morgan fingerprint density at radius 2 is 1.86 bits per heavy atom. The van der Waals surface area contributed by atoms with Gasteiger partial charge >= 0.3 is 4.87 Å². The third-order valence-corrected chi connectivity index (χ3v) is 8.56. The predicted octanol–water partition coefficient (Wildman–Crippen LogP) is 1.71. The zero-order valence-corrected chi connectivity index (χ0v) is 19.1. The van der Waals surface area contributed by atoms with E-state index >= 15 is 0 Å². The molecule has 3 heterocycles. The molecule has 3 rings (SSSR count). The molecule has 0 aliphatic carbocycles. The minimum Gasteiger partial charge on any atom is -0.336 e. The summed E-state index contributed by atoms with van der Waals surface area (Å²) in [7, 11) is -3.77. The van der Waals surface area contributed by atoms with Gasteiger partial charge in [-0.2, -0.15) is 9.40 Å². The standard InChI is InChI=1S/C17H24ClN5O4S2/c1-10(2)9-23-14(18)13(11(3)20-23)15(24)21-5-7-22(8-6-21)29(26,27)16-12(4)19-17(25)28-16/h10H,5-9H2,1-4H3,(H,19,25).